The van der Waals surface area contributed by atoms with Crippen LogP contribution in [0.5, 0.6) is 0 Å². The maximum atomic E-state index is 13.5. The molecule has 19 atom stereocenters. The summed E-state index contributed by atoms with van der Waals surface area (Å²) in [6, 6.07) is -0.238. The van der Waals surface area contributed by atoms with Crippen molar-refractivity contribution in [2.24, 2.45) is 46.8 Å². The largest absolute Gasteiger partial charge is 0.456 e. The number of nitrogens with zero attached hydrogens (tertiary/aromatic N) is 1. The summed E-state index contributed by atoms with van der Waals surface area (Å²) in [7, 11) is 0. The molecule has 0 radical (unpaired) electrons. The van der Waals surface area contributed by atoms with Gasteiger partial charge in [0.2, 0.25) is 5.79 Å². The van der Waals surface area contributed by atoms with E-state index in [0.717, 1.165) is 26.3 Å². The van der Waals surface area contributed by atoms with Crippen molar-refractivity contribution in [2.45, 2.75) is 158 Å². The lowest BCUT2D eigenvalue weighted by molar-refractivity contribution is -0.300. The number of carbonyl (C=O) groups is 2. The predicted molar refractivity (Wildman–Crippen MR) is 176 cm³/mol. The lowest BCUT2D eigenvalue weighted by Gasteiger charge is -2.64. The van der Waals surface area contributed by atoms with Gasteiger partial charge in [0.05, 0.1) is 35.4 Å². The number of ether oxygens (including phenoxy) is 3. The third kappa shape index (κ3) is 4.57. The van der Waals surface area contributed by atoms with Gasteiger partial charge in [-0.2, -0.15) is 0 Å². The molecule has 0 unspecified atom stereocenters. The number of rotatable bonds is 6. The Morgan fingerprint density at radius 2 is 1.74 bits per heavy atom. The van der Waals surface area contributed by atoms with E-state index in [1.54, 1.807) is 13.8 Å². The van der Waals surface area contributed by atoms with Gasteiger partial charge < -0.3 is 50.0 Å². The first-order valence-electron chi connectivity index (χ1n) is 18.9. The maximum absolute atomic E-state index is 13.5. The van der Waals surface area contributed by atoms with E-state index in [1.165, 1.54) is 6.92 Å². The van der Waals surface area contributed by atoms with Gasteiger partial charge >= 0.3 is 11.9 Å². The average Bonchev–Trinajstić information content (AvgIpc) is 3.31. The van der Waals surface area contributed by atoms with Crippen LogP contribution in [0.4, 0.5) is 0 Å². The third-order valence-electron chi connectivity index (χ3n) is 15.5. The van der Waals surface area contributed by atoms with Crippen LogP contribution < -0.4 is 0 Å². The molecule has 13 heteroatoms. The average molecular weight is 710 g/mol. The molecule has 0 aromatic rings. The van der Waals surface area contributed by atoms with Crippen LogP contribution in [0.1, 0.15) is 93.4 Å². The number of piperidine rings is 2. The molecule has 0 aromatic carbocycles. The number of carbonyl (C=O) groups excluding carboxylic acids is 2. The Balaban J connectivity index is 1.34. The molecule has 3 saturated heterocycles. The summed E-state index contributed by atoms with van der Waals surface area (Å²) in [6.45, 7) is 13.1. The highest BCUT2D eigenvalue weighted by molar-refractivity contribution is 5.79. The standard InChI is InChI=1S/C37H59NO12/c1-8-18(3)30(42)49-29-27(41)26-20(16-38-15-17(2)9-10-24(38)34(26,7)45)21-14-35-28(36(21,29)46)22(40)13-23-32(35,5)12-11-25(37(23,47)50-35)48-31(43)33(6,44)19(4)39/h17-29,39-41,44-47H,8-16H2,1-7H3/t17-,18+,19+,20-,21+,22+,23-,24+,25+,26-,27+,28+,29-,32-,33+,34+,35+,36-,37-/m0/s1. The fourth-order valence-electron chi connectivity index (χ4n) is 12.5. The summed E-state index contributed by atoms with van der Waals surface area (Å²) in [5.74, 6) is -7.78. The number of hydrogen-bond donors (Lipinski definition) is 7. The van der Waals surface area contributed by atoms with Crippen molar-refractivity contribution in [3.63, 3.8) is 0 Å². The molecule has 3 heterocycles. The second-order valence-corrected chi connectivity index (χ2v) is 18.2. The molecule has 7 rings (SSSR count). The fourth-order valence-corrected chi connectivity index (χ4v) is 12.5. The summed E-state index contributed by atoms with van der Waals surface area (Å²) in [4.78, 5) is 28.9. The SMILES string of the molecule is CC[C@@H](C)C(=O)O[C@H]1[C@H](O)[C@@H]2[C@@H](CN3C[C@@H](C)CC[C@@H]3[C@@]2(C)O)[C@H]2C[C@@]34O[C@@]5(O)[C@@H](C[C@@H](O)[C@H]3[C@@]21O)[C@]4(C)CC[C@H]5OC(=O)[C@](C)(O)[C@@H](C)O. The molecule has 0 aromatic heterocycles. The minimum Gasteiger partial charge on any atom is -0.456 e. The first-order chi connectivity index (χ1) is 23.1. The van der Waals surface area contributed by atoms with E-state index < -0.39 is 112 Å². The normalized spacial score (nSPS) is 54.6. The zero-order chi connectivity index (χ0) is 36.7. The smallest absolute Gasteiger partial charge is 0.341 e. The topological polar surface area (TPSA) is 207 Å². The van der Waals surface area contributed by atoms with Gasteiger partial charge in [-0.05, 0) is 83.5 Å². The lowest BCUT2D eigenvalue weighted by atomic mass is 9.49. The van der Waals surface area contributed by atoms with E-state index in [1.807, 2.05) is 13.8 Å². The van der Waals surface area contributed by atoms with Gasteiger partial charge in [0.15, 0.2) is 17.8 Å². The molecule has 13 nitrogen and oxygen atoms in total. The molecular weight excluding hydrogens is 650 g/mol. The Morgan fingerprint density at radius 3 is 2.38 bits per heavy atom. The second kappa shape index (κ2) is 11.5. The summed E-state index contributed by atoms with van der Waals surface area (Å²) < 4.78 is 18.7. The van der Waals surface area contributed by atoms with Gasteiger partial charge in [0.1, 0.15) is 5.60 Å². The number of esters is 2. The molecular formula is C37H59NO12. The fraction of sp³-hybridized carbons (Fsp3) is 0.946. The van der Waals surface area contributed by atoms with E-state index in [9.17, 15) is 45.3 Å². The van der Waals surface area contributed by atoms with Crippen molar-refractivity contribution in [2.75, 3.05) is 13.1 Å². The molecule has 4 saturated carbocycles. The zero-order valence-electron chi connectivity index (χ0n) is 30.5. The Hall–Kier alpha value is -1.42. The van der Waals surface area contributed by atoms with Gasteiger partial charge in [-0.15, -0.1) is 0 Å². The minimum absolute atomic E-state index is 0.0328. The highest BCUT2D eigenvalue weighted by Crippen LogP contribution is 2.77. The van der Waals surface area contributed by atoms with Gasteiger partial charge in [-0.3, -0.25) is 9.69 Å². The van der Waals surface area contributed by atoms with Gasteiger partial charge in [-0.1, -0.05) is 27.7 Å². The lowest BCUT2D eigenvalue weighted by Crippen LogP contribution is -2.77. The summed E-state index contributed by atoms with van der Waals surface area (Å²) >= 11 is 0. The molecule has 4 bridgehead atoms. The quantitative estimate of drug-likeness (QED) is 0.188. The molecule has 50 heavy (non-hydrogen) atoms. The van der Waals surface area contributed by atoms with Crippen LogP contribution in [0.3, 0.4) is 0 Å². The first-order valence-corrected chi connectivity index (χ1v) is 18.9. The van der Waals surface area contributed by atoms with Crippen LogP contribution in [0.2, 0.25) is 0 Å². The van der Waals surface area contributed by atoms with Crippen molar-refractivity contribution in [3.8, 4) is 0 Å². The van der Waals surface area contributed by atoms with Gasteiger partial charge in [-0.25, -0.2) is 4.79 Å². The molecule has 7 aliphatic rings. The van der Waals surface area contributed by atoms with E-state index in [-0.39, 0.29) is 25.3 Å². The van der Waals surface area contributed by atoms with Crippen LogP contribution in [0, 0.1) is 46.8 Å². The van der Waals surface area contributed by atoms with Crippen LogP contribution in [-0.4, -0.2) is 130 Å². The van der Waals surface area contributed by atoms with Crippen LogP contribution >= 0.6 is 0 Å². The highest BCUT2D eigenvalue weighted by atomic mass is 16.7. The number of aliphatic hydroxyl groups excluding tert-OH is 3. The molecule has 4 aliphatic carbocycles. The molecule has 0 amide bonds. The minimum atomic E-state index is -2.25. The van der Waals surface area contributed by atoms with Crippen molar-refractivity contribution >= 4 is 11.9 Å². The Morgan fingerprint density at radius 1 is 1.06 bits per heavy atom. The Bertz CT molecular complexity index is 1390. The highest BCUT2D eigenvalue weighted by Gasteiger charge is 2.87. The first kappa shape index (κ1) is 36.9. The molecule has 284 valence electrons. The summed E-state index contributed by atoms with van der Waals surface area (Å²) in [6.07, 6.45) is -4.15. The molecule has 7 N–H and O–H groups in total. The number of fused-ring (bicyclic) bond motifs is 5. The van der Waals surface area contributed by atoms with E-state index >= 15 is 0 Å². The summed E-state index contributed by atoms with van der Waals surface area (Å²) in [5.41, 5.74) is -7.89. The van der Waals surface area contributed by atoms with Crippen molar-refractivity contribution in [1.29, 1.82) is 0 Å². The zero-order valence-corrected chi connectivity index (χ0v) is 30.5. The van der Waals surface area contributed by atoms with E-state index in [0.29, 0.717) is 25.3 Å². The molecule has 7 fully saturated rings. The van der Waals surface area contributed by atoms with Crippen LogP contribution in [0.15, 0.2) is 0 Å². The second-order valence-electron chi connectivity index (χ2n) is 18.2. The number of aliphatic hydroxyl groups is 7. The molecule has 3 aliphatic heterocycles. The van der Waals surface area contributed by atoms with Crippen molar-refractivity contribution in [3.05, 3.63) is 0 Å². The van der Waals surface area contributed by atoms with E-state index in [2.05, 4.69) is 11.8 Å². The Kier molecular flexibility index (Phi) is 8.52. The maximum Gasteiger partial charge on any atom is 0.341 e. The predicted octanol–water partition coefficient (Wildman–Crippen LogP) is 0.466. The van der Waals surface area contributed by atoms with Crippen molar-refractivity contribution < 1.29 is 59.5 Å². The summed E-state index contributed by atoms with van der Waals surface area (Å²) in [5, 5.41) is 83.5. The Labute approximate surface area is 294 Å². The van der Waals surface area contributed by atoms with Gasteiger partial charge in [0.25, 0.3) is 0 Å². The van der Waals surface area contributed by atoms with E-state index in [4.69, 9.17) is 14.2 Å². The number of hydrogen-bond acceptors (Lipinski definition) is 13. The molecule has 1 spiro atoms. The monoisotopic (exact) mass is 709 g/mol. The third-order valence-corrected chi connectivity index (χ3v) is 15.5. The van der Waals surface area contributed by atoms with Crippen LogP contribution in [-0.2, 0) is 23.8 Å². The van der Waals surface area contributed by atoms with Crippen LogP contribution in [0.25, 0.3) is 0 Å². The van der Waals surface area contributed by atoms with Gasteiger partial charge in [0, 0.05) is 42.3 Å². The van der Waals surface area contributed by atoms with Crippen molar-refractivity contribution in [1.82, 2.24) is 4.90 Å².